The fraction of sp³-hybridized carbons (Fsp3) is 0.188. The van der Waals surface area contributed by atoms with Crippen molar-refractivity contribution in [2.75, 3.05) is 0 Å². The van der Waals surface area contributed by atoms with Crippen LogP contribution < -0.4 is 0 Å². The summed E-state index contributed by atoms with van der Waals surface area (Å²) in [5.41, 5.74) is 5.59. The maximum Gasteiger partial charge on any atom is 0.129 e. The molecule has 0 bridgehead atoms. The van der Waals surface area contributed by atoms with E-state index in [-0.39, 0.29) is 0 Å². The number of hydrogen-bond acceptors (Lipinski definition) is 1. The number of alkyl halides is 1. The van der Waals surface area contributed by atoms with Crippen molar-refractivity contribution in [3.63, 3.8) is 0 Å². The van der Waals surface area contributed by atoms with Crippen LogP contribution in [0.5, 0.6) is 0 Å². The Labute approximate surface area is 131 Å². The van der Waals surface area contributed by atoms with E-state index in [4.69, 9.17) is 16.6 Å². The Kier molecular flexibility index (Phi) is 3.57. The Balaban J connectivity index is 2.40. The first-order valence-corrected chi connectivity index (χ1v) is 7.74. The van der Waals surface area contributed by atoms with Gasteiger partial charge in [-0.05, 0) is 43.2 Å². The van der Waals surface area contributed by atoms with Gasteiger partial charge < -0.3 is 0 Å². The van der Waals surface area contributed by atoms with E-state index in [1.54, 1.807) is 0 Å². The van der Waals surface area contributed by atoms with Crippen molar-refractivity contribution in [2.45, 2.75) is 19.7 Å². The van der Waals surface area contributed by atoms with E-state index in [0.717, 1.165) is 27.0 Å². The van der Waals surface area contributed by atoms with E-state index < -0.39 is 0 Å². The van der Waals surface area contributed by atoms with Gasteiger partial charge in [0.25, 0.3) is 0 Å². The molecule has 4 heteroatoms. The lowest BCUT2D eigenvalue weighted by Gasteiger charge is -2.11. The minimum atomic E-state index is 0.389. The molecule has 0 fully saturated rings. The normalized spacial score (nSPS) is 11.2. The minimum absolute atomic E-state index is 0.389. The van der Waals surface area contributed by atoms with E-state index in [1.807, 2.05) is 6.07 Å². The summed E-state index contributed by atoms with van der Waals surface area (Å²) in [7, 11) is 0. The number of fused-ring (bicyclic) bond motifs is 1. The fourth-order valence-corrected chi connectivity index (χ4v) is 3.00. The second-order valence-corrected chi connectivity index (χ2v) is 6.05. The minimum Gasteiger partial charge on any atom is -0.295 e. The lowest BCUT2D eigenvalue weighted by Crippen LogP contribution is -2.01. The summed E-state index contributed by atoms with van der Waals surface area (Å²) in [4.78, 5) is 4.69. The Morgan fingerprint density at radius 2 is 1.95 bits per heavy atom. The largest absolute Gasteiger partial charge is 0.295 e. The van der Waals surface area contributed by atoms with Gasteiger partial charge in [0.2, 0.25) is 0 Å². The number of imidazole rings is 1. The van der Waals surface area contributed by atoms with E-state index in [0.29, 0.717) is 5.88 Å². The number of halogens is 2. The standard InChI is InChI=1S/C16H14BrClN2/c1-10-6-7-12(17)8-14(10)20-13-5-3-4-11(2)16(13)19-15(20)9-18/h3-8H,9H2,1-2H3. The van der Waals surface area contributed by atoms with Crippen LogP contribution in [0.1, 0.15) is 17.0 Å². The van der Waals surface area contributed by atoms with Gasteiger partial charge in [-0.3, -0.25) is 4.57 Å². The topological polar surface area (TPSA) is 17.8 Å². The highest BCUT2D eigenvalue weighted by molar-refractivity contribution is 9.10. The molecule has 0 unspecified atom stereocenters. The third-order valence-corrected chi connectivity index (χ3v) is 4.22. The molecular weight excluding hydrogens is 336 g/mol. The highest BCUT2D eigenvalue weighted by Gasteiger charge is 2.14. The molecule has 0 aliphatic heterocycles. The molecular formula is C16H14BrClN2. The number of nitrogens with zero attached hydrogens (tertiary/aromatic N) is 2. The number of para-hydroxylation sites is 1. The Morgan fingerprint density at radius 3 is 2.70 bits per heavy atom. The van der Waals surface area contributed by atoms with Gasteiger partial charge in [0, 0.05) is 4.47 Å². The van der Waals surface area contributed by atoms with Gasteiger partial charge in [-0.25, -0.2) is 4.98 Å². The first-order valence-electron chi connectivity index (χ1n) is 6.41. The van der Waals surface area contributed by atoms with E-state index in [2.05, 4.69) is 64.7 Å². The molecule has 0 saturated carbocycles. The molecule has 0 aliphatic rings. The molecule has 0 N–H and O–H groups in total. The predicted octanol–water partition coefficient (Wildman–Crippen LogP) is 5.14. The molecule has 0 radical (unpaired) electrons. The third-order valence-electron chi connectivity index (χ3n) is 3.49. The molecule has 2 aromatic carbocycles. The van der Waals surface area contributed by atoms with Gasteiger partial charge in [-0.1, -0.05) is 34.1 Å². The van der Waals surface area contributed by atoms with Crippen molar-refractivity contribution < 1.29 is 0 Å². The Morgan fingerprint density at radius 1 is 1.15 bits per heavy atom. The van der Waals surface area contributed by atoms with Crippen LogP contribution in [0.15, 0.2) is 40.9 Å². The van der Waals surface area contributed by atoms with Gasteiger partial charge in [0.1, 0.15) is 5.82 Å². The lowest BCUT2D eigenvalue weighted by atomic mass is 10.1. The number of benzene rings is 2. The summed E-state index contributed by atoms with van der Waals surface area (Å²) in [5, 5.41) is 0. The van der Waals surface area contributed by atoms with E-state index >= 15 is 0 Å². The molecule has 20 heavy (non-hydrogen) atoms. The average molecular weight is 350 g/mol. The van der Waals surface area contributed by atoms with Crippen molar-refractivity contribution >= 4 is 38.6 Å². The lowest BCUT2D eigenvalue weighted by molar-refractivity contribution is 0.971. The monoisotopic (exact) mass is 348 g/mol. The molecule has 1 aromatic heterocycles. The molecule has 2 nitrogen and oxygen atoms in total. The van der Waals surface area contributed by atoms with Crippen LogP contribution in [-0.4, -0.2) is 9.55 Å². The van der Waals surface area contributed by atoms with Crippen LogP contribution in [0.25, 0.3) is 16.7 Å². The first kappa shape index (κ1) is 13.7. The van der Waals surface area contributed by atoms with Crippen molar-refractivity contribution in [3.8, 4) is 5.69 Å². The van der Waals surface area contributed by atoms with Crippen molar-refractivity contribution in [3.05, 3.63) is 57.8 Å². The van der Waals surface area contributed by atoms with Gasteiger partial charge in [0.05, 0.1) is 22.6 Å². The smallest absolute Gasteiger partial charge is 0.129 e. The average Bonchev–Trinajstić information content (AvgIpc) is 2.81. The Hall–Kier alpha value is -1.32. The summed E-state index contributed by atoms with van der Waals surface area (Å²) in [6, 6.07) is 12.5. The first-order chi connectivity index (χ1) is 9.61. The summed E-state index contributed by atoms with van der Waals surface area (Å²) in [6.07, 6.45) is 0. The van der Waals surface area contributed by atoms with Crippen molar-refractivity contribution in [1.82, 2.24) is 9.55 Å². The van der Waals surface area contributed by atoms with E-state index in [9.17, 15) is 0 Å². The molecule has 0 atom stereocenters. The molecule has 102 valence electrons. The molecule has 3 rings (SSSR count). The zero-order valence-corrected chi connectivity index (χ0v) is 13.7. The molecule has 0 spiro atoms. The summed E-state index contributed by atoms with van der Waals surface area (Å²) in [5.74, 6) is 1.26. The molecule has 0 amide bonds. The molecule has 0 aliphatic carbocycles. The van der Waals surface area contributed by atoms with Gasteiger partial charge >= 0.3 is 0 Å². The van der Waals surface area contributed by atoms with Crippen molar-refractivity contribution in [2.24, 2.45) is 0 Å². The zero-order valence-electron chi connectivity index (χ0n) is 11.3. The van der Waals surface area contributed by atoms with Crippen LogP contribution in [0.3, 0.4) is 0 Å². The predicted molar refractivity (Wildman–Crippen MR) is 87.8 cm³/mol. The van der Waals surface area contributed by atoms with Crippen LogP contribution in [0, 0.1) is 13.8 Å². The van der Waals surface area contributed by atoms with Crippen LogP contribution >= 0.6 is 27.5 Å². The fourth-order valence-electron chi connectivity index (χ4n) is 2.47. The molecule has 0 saturated heterocycles. The maximum atomic E-state index is 6.10. The van der Waals surface area contributed by atoms with E-state index in [1.165, 1.54) is 11.1 Å². The summed E-state index contributed by atoms with van der Waals surface area (Å²) in [6.45, 7) is 4.17. The quantitative estimate of drug-likeness (QED) is 0.585. The van der Waals surface area contributed by atoms with Crippen LogP contribution in [-0.2, 0) is 5.88 Å². The highest BCUT2D eigenvalue weighted by Crippen LogP contribution is 2.28. The van der Waals surface area contributed by atoms with Crippen LogP contribution in [0.2, 0.25) is 0 Å². The van der Waals surface area contributed by atoms with Gasteiger partial charge in [-0.2, -0.15) is 0 Å². The second-order valence-electron chi connectivity index (χ2n) is 4.87. The number of aryl methyl sites for hydroxylation is 2. The SMILES string of the molecule is Cc1ccc(Br)cc1-n1c(CCl)nc2c(C)cccc21. The Bertz CT molecular complexity index is 793. The summed E-state index contributed by atoms with van der Waals surface area (Å²) >= 11 is 9.64. The molecule has 1 heterocycles. The van der Waals surface area contributed by atoms with Crippen molar-refractivity contribution in [1.29, 1.82) is 0 Å². The number of rotatable bonds is 2. The third kappa shape index (κ3) is 2.15. The molecule has 3 aromatic rings. The van der Waals surface area contributed by atoms with Crippen LogP contribution in [0.4, 0.5) is 0 Å². The number of hydrogen-bond donors (Lipinski definition) is 0. The maximum absolute atomic E-state index is 6.10. The summed E-state index contributed by atoms with van der Waals surface area (Å²) < 4.78 is 3.20. The number of aromatic nitrogens is 2. The zero-order chi connectivity index (χ0) is 14.3. The van der Waals surface area contributed by atoms with Gasteiger partial charge in [0.15, 0.2) is 0 Å². The van der Waals surface area contributed by atoms with Gasteiger partial charge in [-0.15, -0.1) is 11.6 Å². The highest BCUT2D eigenvalue weighted by atomic mass is 79.9. The second kappa shape index (κ2) is 5.23.